The van der Waals surface area contributed by atoms with Crippen molar-refractivity contribution in [3.05, 3.63) is 64.2 Å². The molecule has 0 heterocycles. The van der Waals surface area contributed by atoms with E-state index in [2.05, 4.69) is 0 Å². The fourth-order valence-electron chi connectivity index (χ4n) is 1.94. The SMILES string of the molecule is Cc1ccc(S(=O)(=O)O)c(Cc2ccccc2Cl)c1. The first-order chi connectivity index (χ1) is 8.88. The largest absolute Gasteiger partial charge is 0.294 e. The van der Waals surface area contributed by atoms with Crippen LogP contribution in [0.5, 0.6) is 0 Å². The molecule has 2 aromatic rings. The summed E-state index contributed by atoms with van der Waals surface area (Å²) in [5.41, 5.74) is 2.28. The molecule has 0 fully saturated rings. The Bertz CT molecular complexity index is 708. The molecule has 0 aliphatic rings. The van der Waals surface area contributed by atoms with Gasteiger partial charge >= 0.3 is 0 Å². The van der Waals surface area contributed by atoms with E-state index in [0.717, 1.165) is 11.1 Å². The summed E-state index contributed by atoms with van der Waals surface area (Å²) >= 11 is 6.07. The van der Waals surface area contributed by atoms with Crippen LogP contribution in [0.4, 0.5) is 0 Å². The van der Waals surface area contributed by atoms with Crippen LogP contribution in [-0.4, -0.2) is 13.0 Å². The van der Waals surface area contributed by atoms with Crippen LogP contribution in [0, 0.1) is 6.92 Å². The lowest BCUT2D eigenvalue weighted by Crippen LogP contribution is -2.04. The number of halogens is 1. The van der Waals surface area contributed by atoms with Crippen molar-refractivity contribution in [3.63, 3.8) is 0 Å². The zero-order chi connectivity index (χ0) is 14.0. The van der Waals surface area contributed by atoms with Gasteiger partial charge in [0, 0.05) is 11.4 Å². The fraction of sp³-hybridized carbons (Fsp3) is 0.143. The van der Waals surface area contributed by atoms with E-state index < -0.39 is 10.1 Å². The van der Waals surface area contributed by atoms with E-state index in [9.17, 15) is 13.0 Å². The first-order valence-corrected chi connectivity index (χ1v) is 7.50. The highest BCUT2D eigenvalue weighted by atomic mass is 35.5. The molecule has 0 spiro atoms. The zero-order valence-electron chi connectivity index (χ0n) is 10.3. The Morgan fingerprint density at radius 2 is 1.79 bits per heavy atom. The lowest BCUT2D eigenvalue weighted by atomic mass is 10.0. The molecular formula is C14H13ClO3S. The Balaban J connectivity index is 2.51. The van der Waals surface area contributed by atoms with Gasteiger partial charge < -0.3 is 0 Å². The lowest BCUT2D eigenvalue weighted by Gasteiger charge is -2.09. The van der Waals surface area contributed by atoms with Crippen molar-refractivity contribution in [1.29, 1.82) is 0 Å². The summed E-state index contributed by atoms with van der Waals surface area (Å²) in [4.78, 5) is -0.0713. The molecule has 5 heteroatoms. The number of hydrogen-bond acceptors (Lipinski definition) is 2. The number of rotatable bonds is 3. The molecule has 100 valence electrons. The normalized spacial score (nSPS) is 11.5. The molecule has 0 atom stereocenters. The maximum atomic E-state index is 11.4. The minimum Gasteiger partial charge on any atom is -0.282 e. The number of hydrogen-bond donors (Lipinski definition) is 1. The molecule has 19 heavy (non-hydrogen) atoms. The smallest absolute Gasteiger partial charge is 0.282 e. The molecule has 0 aliphatic heterocycles. The molecule has 0 bridgehead atoms. The van der Waals surface area contributed by atoms with Gasteiger partial charge in [0.1, 0.15) is 0 Å². The Hall–Kier alpha value is -1.36. The molecule has 0 radical (unpaired) electrons. The molecule has 0 aliphatic carbocycles. The van der Waals surface area contributed by atoms with Gasteiger partial charge in [-0.15, -0.1) is 0 Å². The van der Waals surface area contributed by atoms with E-state index in [-0.39, 0.29) is 4.90 Å². The Kier molecular flexibility index (Phi) is 3.94. The van der Waals surface area contributed by atoms with Crippen molar-refractivity contribution >= 4 is 21.7 Å². The van der Waals surface area contributed by atoms with Crippen LogP contribution in [0.15, 0.2) is 47.4 Å². The molecule has 0 saturated heterocycles. The summed E-state index contributed by atoms with van der Waals surface area (Å²) in [7, 11) is -4.23. The standard InChI is InChI=1S/C14H13ClO3S/c1-10-6-7-14(19(16,17)18)12(8-10)9-11-4-2-3-5-13(11)15/h2-8H,9H2,1H3,(H,16,17,18). The van der Waals surface area contributed by atoms with E-state index in [4.69, 9.17) is 11.6 Å². The molecule has 0 amide bonds. The maximum Gasteiger partial charge on any atom is 0.294 e. The van der Waals surface area contributed by atoms with Gasteiger partial charge in [-0.05, 0) is 30.2 Å². The predicted molar refractivity (Wildman–Crippen MR) is 75.3 cm³/mol. The summed E-state index contributed by atoms with van der Waals surface area (Å²) in [6, 6.07) is 12.0. The molecular weight excluding hydrogens is 284 g/mol. The first kappa shape index (κ1) is 14.1. The van der Waals surface area contributed by atoms with Gasteiger partial charge in [-0.3, -0.25) is 4.55 Å². The van der Waals surface area contributed by atoms with Gasteiger partial charge in [-0.2, -0.15) is 8.42 Å². The number of aryl methyl sites for hydroxylation is 1. The summed E-state index contributed by atoms with van der Waals surface area (Å²) < 4.78 is 32.0. The molecule has 0 unspecified atom stereocenters. The quantitative estimate of drug-likeness (QED) is 0.882. The minimum atomic E-state index is -4.23. The van der Waals surface area contributed by atoms with E-state index >= 15 is 0 Å². The highest BCUT2D eigenvalue weighted by Gasteiger charge is 2.16. The van der Waals surface area contributed by atoms with Crippen LogP contribution in [0.25, 0.3) is 0 Å². The first-order valence-electron chi connectivity index (χ1n) is 5.68. The lowest BCUT2D eigenvalue weighted by molar-refractivity contribution is 0.482. The van der Waals surface area contributed by atoms with Crippen LogP contribution < -0.4 is 0 Å². The van der Waals surface area contributed by atoms with Crippen molar-refractivity contribution in [2.45, 2.75) is 18.2 Å². The van der Waals surface area contributed by atoms with Gasteiger partial charge in [0.25, 0.3) is 10.1 Å². The maximum absolute atomic E-state index is 11.4. The third-order valence-corrected chi connectivity index (χ3v) is 4.16. The van der Waals surface area contributed by atoms with Gasteiger partial charge in [-0.1, -0.05) is 47.5 Å². The van der Waals surface area contributed by atoms with Crippen molar-refractivity contribution in [3.8, 4) is 0 Å². The van der Waals surface area contributed by atoms with Crippen LogP contribution in [0.1, 0.15) is 16.7 Å². The van der Waals surface area contributed by atoms with E-state index in [1.54, 1.807) is 18.2 Å². The molecule has 3 nitrogen and oxygen atoms in total. The zero-order valence-corrected chi connectivity index (χ0v) is 11.9. The molecule has 0 aromatic heterocycles. The third-order valence-electron chi connectivity index (χ3n) is 2.83. The summed E-state index contributed by atoms with van der Waals surface area (Å²) in [5, 5.41) is 0.574. The molecule has 0 saturated carbocycles. The number of benzene rings is 2. The second kappa shape index (κ2) is 5.33. The summed E-state index contributed by atoms with van der Waals surface area (Å²) in [6.45, 7) is 1.86. The average molecular weight is 297 g/mol. The van der Waals surface area contributed by atoms with Gasteiger partial charge in [-0.25, -0.2) is 0 Å². The molecule has 1 N–H and O–H groups in total. The topological polar surface area (TPSA) is 54.4 Å². The second-order valence-electron chi connectivity index (χ2n) is 4.35. The van der Waals surface area contributed by atoms with E-state index in [0.29, 0.717) is 17.0 Å². The van der Waals surface area contributed by atoms with Gasteiger partial charge in [0.15, 0.2) is 0 Å². The Labute approximate surface area is 117 Å². The van der Waals surface area contributed by atoms with Crippen molar-refractivity contribution in [2.24, 2.45) is 0 Å². The van der Waals surface area contributed by atoms with E-state index in [1.807, 2.05) is 25.1 Å². The average Bonchev–Trinajstić information content (AvgIpc) is 2.30. The fourth-order valence-corrected chi connectivity index (χ4v) is 2.85. The van der Waals surface area contributed by atoms with Gasteiger partial charge in [0.05, 0.1) is 4.90 Å². The van der Waals surface area contributed by atoms with Crippen LogP contribution >= 0.6 is 11.6 Å². The van der Waals surface area contributed by atoms with Crippen LogP contribution in [0.2, 0.25) is 5.02 Å². The van der Waals surface area contributed by atoms with Crippen molar-refractivity contribution in [2.75, 3.05) is 0 Å². The Morgan fingerprint density at radius 1 is 1.11 bits per heavy atom. The second-order valence-corrected chi connectivity index (χ2v) is 6.15. The van der Waals surface area contributed by atoms with E-state index in [1.165, 1.54) is 6.07 Å². The third kappa shape index (κ3) is 3.35. The summed E-state index contributed by atoms with van der Waals surface area (Å²) in [5.74, 6) is 0. The minimum absolute atomic E-state index is 0.0713. The van der Waals surface area contributed by atoms with Crippen molar-refractivity contribution < 1.29 is 13.0 Å². The van der Waals surface area contributed by atoms with Crippen molar-refractivity contribution in [1.82, 2.24) is 0 Å². The molecule has 2 aromatic carbocycles. The van der Waals surface area contributed by atoms with Crippen LogP contribution in [-0.2, 0) is 16.5 Å². The monoisotopic (exact) mass is 296 g/mol. The van der Waals surface area contributed by atoms with Crippen LogP contribution in [0.3, 0.4) is 0 Å². The van der Waals surface area contributed by atoms with Gasteiger partial charge in [0.2, 0.25) is 0 Å². The predicted octanol–water partition coefficient (Wildman–Crippen LogP) is 3.49. The molecule has 2 rings (SSSR count). The Morgan fingerprint density at radius 3 is 2.42 bits per heavy atom. The highest BCUT2D eigenvalue weighted by Crippen LogP contribution is 2.24. The highest BCUT2D eigenvalue weighted by molar-refractivity contribution is 7.85. The summed E-state index contributed by atoms with van der Waals surface area (Å²) in [6.07, 6.45) is 0.358.